The Bertz CT molecular complexity index is 146. The van der Waals surface area contributed by atoms with E-state index in [1.807, 2.05) is 18.2 Å². The Morgan fingerprint density at radius 1 is 1.11 bits per heavy atom. The van der Waals surface area contributed by atoms with E-state index in [9.17, 15) is 0 Å². The van der Waals surface area contributed by atoms with Crippen LogP contribution >= 0.6 is 0 Å². The normalized spacial score (nSPS) is 8.11. The van der Waals surface area contributed by atoms with Gasteiger partial charge in [0.2, 0.25) is 0 Å². The first-order valence-electron chi connectivity index (χ1n) is 2.76. The maximum Gasteiger partial charge on any atom is 0.0997 e. The van der Waals surface area contributed by atoms with Gasteiger partial charge in [0.05, 0.1) is 6.54 Å². The molecule has 1 heteroatoms. The van der Waals surface area contributed by atoms with Crippen LogP contribution in [0.4, 0.5) is 0 Å². The Balaban J connectivity index is 0.000000640. The van der Waals surface area contributed by atoms with Gasteiger partial charge < -0.3 is 5.73 Å². The highest BCUT2D eigenvalue weighted by molar-refractivity contribution is 5.12. The fourth-order valence-electron chi connectivity index (χ4n) is 0.645. The lowest BCUT2D eigenvalue weighted by molar-refractivity contribution is -0.386. The van der Waals surface area contributed by atoms with Gasteiger partial charge in [0.1, 0.15) is 0 Å². The van der Waals surface area contributed by atoms with Crippen molar-refractivity contribution in [1.29, 1.82) is 0 Å². The van der Waals surface area contributed by atoms with Crippen LogP contribution in [-0.4, -0.2) is 0 Å². The summed E-state index contributed by atoms with van der Waals surface area (Å²) in [6, 6.07) is 10.2. The maximum absolute atomic E-state index is 3.76. The van der Waals surface area contributed by atoms with Gasteiger partial charge in [0, 0.05) is 5.56 Å². The van der Waals surface area contributed by atoms with Crippen LogP contribution in [-0.2, 0) is 6.54 Å². The van der Waals surface area contributed by atoms with E-state index in [0.29, 0.717) is 0 Å². The predicted octanol–water partition coefficient (Wildman–Crippen LogP) is 1.06. The van der Waals surface area contributed by atoms with E-state index >= 15 is 0 Å². The molecular formula is C8H14N+. The van der Waals surface area contributed by atoms with Gasteiger partial charge in [-0.2, -0.15) is 0 Å². The van der Waals surface area contributed by atoms with Crippen LogP contribution < -0.4 is 5.73 Å². The molecule has 0 heterocycles. The molecule has 0 aliphatic heterocycles. The van der Waals surface area contributed by atoms with Crippen molar-refractivity contribution in [2.24, 2.45) is 0 Å². The van der Waals surface area contributed by atoms with Crippen LogP contribution in [0.25, 0.3) is 0 Å². The van der Waals surface area contributed by atoms with Gasteiger partial charge >= 0.3 is 0 Å². The molecule has 0 unspecified atom stereocenters. The number of quaternary nitrogens is 1. The lowest BCUT2D eigenvalue weighted by atomic mass is 10.2. The molecule has 1 aromatic carbocycles. The van der Waals surface area contributed by atoms with Crippen LogP contribution in [0.2, 0.25) is 0 Å². The monoisotopic (exact) mass is 124 g/mol. The summed E-state index contributed by atoms with van der Waals surface area (Å²) < 4.78 is 0. The van der Waals surface area contributed by atoms with Crippen LogP contribution in [0.3, 0.4) is 0 Å². The molecule has 1 nitrogen and oxygen atoms in total. The molecule has 0 aliphatic rings. The first kappa shape index (κ1) is 8.18. The van der Waals surface area contributed by atoms with Crippen molar-refractivity contribution in [2.45, 2.75) is 14.0 Å². The minimum atomic E-state index is 0. The van der Waals surface area contributed by atoms with Gasteiger partial charge in [-0.1, -0.05) is 37.8 Å². The zero-order valence-corrected chi connectivity index (χ0v) is 4.80. The zero-order valence-electron chi connectivity index (χ0n) is 4.80. The second-order valence-electron chi connectivity index (χ2n) is 1.74. The SMILES string of the molecule is C.[NH3+]Cc1ccccc1. The maximum atomic E-state index is 3.76. The molecule has 9 heavy (non-hydrogen) atoms. The third-order valence-electron chi connectivity index (χ3n) is 1.13. The van der Waals surface area contributed by atoms with Gasteiger partial charge in [0.25, 0.3) is 0 Å². The Morgan fingerprint density at radius 3 is 2.00 bits per heavy atom. The first-order valence-corrected chi connectivity index (χ1v) is 2.76. The molecule has 0 saturated heterocycles. The number of hydrogen-bond acceptors (Lipinski definition) is 0. The van der Waals surface area contributed by atoms with Crippen LogP contribution in [0.15, 0.2) is 30.3 Å². The molecular weight excluding hydrogens is 110 g/mol. The van der Waals surface area contributed by atoms with Gasteiger partial charge in [-0.25, -0.2) is 0 Å². The second kappa shape index (κ2) is 4.10. The fraction of sp³-hybridized carbons (Fsp3) is 0.250. The fourth-order valence-corrected chi connectivity index (χ4v) is 0.645. The Labute approximate surface area is 56.5 Å². The van der Waals surface area contributed by atoms with Crippen molar-refractivity contribution in [1.82, 2.24) is 0 Å². The van der Waals surface area contributed by atoms with Gasteiger partial charge in [-0.05, 0) is 0 Å². The summed E-state index contributed by atoms with van der Waals surface area (Å²) in [6.45, 7) is 0.890. The highest BCUT2D eigenvalue weighted by Gasteiger charge is 1.82. The molecule has 0 radical (unpaired) electrons. The first-order chi connectivity index (χ1) is 3.93. The van der Waals surface area contributed by atoms with Gasteiger partial charge in [0.15, 0.2) is 0 Å². The van der Waals surface area contributed by atoms with E-state index in [1.54, 1.807) is 0 Å². The summed E-state index contributed by atoms with van der Waals surface area (Å²) in [5.74, 6) is 0. The van der Waals surface area contributed by atoms with Crippen molar-refractivity contribution >= 4 is 0 Å². The molecule has 0 bridgehead atoms. The largest absolute Gasteiger partial charge is 0.354 e. The second-order valence-corrected chi connectivity index (χ2v) is 1.74. The minimum absolute atomic E-state index is 0. The molecule has 50 valence electrons. The topological polar surface area (TPSA) is 27.6 Å². The van der Waals surface area contributed by atoms with Crippen molar-refractivity contribution in [3.63, 3.8) is 0 Å². The van der Waals surface area contributed by atoms with Crippen molar-refractivity contribution in [3.8, 4) is 0 Å². The highest BCUT2D eigenvalue weighted by atomic mass is 14.5. The minimum Gasteiger partial charge on any atom is -0.354 e. The Kier molecular flexibility index (Phi) is 3.72. The van der Waals surface area contributed by atoms with Crippen LogP contribution in [0.1, 0.15) is 13.0 Å². The zero-order chi connectivity index (χ0) is 5.82. The van der Waals surface area contributed by atoms with E-state index < -0.39 is 0 Å². The Hall–Kier alpha value is -0.820. The van der Waals surface area contributed by atoms with E-state index in [0.717, 1.165) is 6.54 Å². The number of benzene rings is 1. The molecule has 0 amide bonds. The molecule has 0 fully saturated rings. The Morgan fingerprint density at radius 2 is 1.67 bits per heavy atom. The third kappa shape index (κ3) is 2.29. The van der Waals surface area contributed by atoms with Gasteiger partial charge in [-0.15, -0.1) is 0 Å². The van der Waals surface area contributed by atoms with Crippen LogP contribution in [0, 0.1) is 0 Å². The molecule has 0 atom stereocenters. The third-order valence-corrected chi connectivity index (χ3v) is 1.13. The summed E-state index contributed by atoms with van der Waals surface area (Å²) in [4.78, 5) is 0. The lowest BCUT2D eigenvalue weighted by Crippen LogP contribution is -2.47. The van der Waals surface area contributed by atoms with E-state index in [1.165, 1.54) is 5.56 Å². The molecule has 1 rings (SSSR count). The molecule has 0 aromatic heterocycles. The number of hydrogen-bond donors (Lipinski definition) is 1. The summed E-state index contributed by atoms with van der Waals surface area (Å²) in [5.41, 5.74) is 5.05. The van der Waals surface area contributed by atoms with E-state index in [-0.39, 0.29) is 7.43 Å². The van der Waals surface area contributed by atoms with E-state index in [2.05, 4.69) is 17.9 Å². The molecule has 0 spiro atoms. The van der Waals surface area contributed by atoms with Crippen molar-refractivity contribution < 1.29 is 5.73 Å². The summed E-state index contributed by atoms with van der Waals surface area (Å²) in [5, 5.41) is 0. The highest BCUT2D eigenvalue weighted by Crippen LogP contribution is 1.93. The number of rotatable bonds is 1. The van der Waals surface area contributed by atoms with Gasteiger partial charge in [-0.3, -0.25) is 0 Å². The molecule has 0 saturated carbocycles. The summed E-state index contributed by atoms with van der Waals surface area (Å²) in [7, 11) is 0. The average Bonchev–Trinajstić information content (AvgIpc) is 1.90. The molecule has 0 aliphatic carbocycles. The average molecular weight is 124 g/mol. The molecule has 3 N–H and O–H groups in total. The predicted molar refractivity (Wildman–Crippen MR) is 39.8 cm³/mol. The standard InChI is InChI=1S/C7H9N.CH4/c8-6-7-4-2-1-3-5-7;/h1-5H,6,8H2;1H4/p+1. The molecule has 1 aromatic rings. The lowest BCUT2D eigenvalue weighted by Gasteiger charge is -1.87. The quantitative estimate of drug-likeness (QED) is 0.580. The summed E-state index contributed by atoms with van der Waals surface area (Å²) >= 11 is 0. The smallest absolute Gasteiger partial charge is 0.0997 e. The summed E-state index contributed by atoms with van der Waals surface area (Å²) in [6.07, 6.45) is 0. The van der Waals surface area contributed by atoms with Crippen molar-refractivity contribution in [2.75, 3.05) is 0 Å². The van der Waals surface area contributed by atoms with E-state index in [4.69, 9.17) is 0 Å². The van der Waals surface area contributed by atoms with Crippen LogP contribution in [0.5, 0.6) is 0 Å². The van der Waals surface area contributed by atoms with Crippen molar-refractivity contribution in [3.05, 3.63) is 35.9 Å².